The van der Waals surface area contributed by atoms with E-state index >= 15 is 0 Å². The molecule has 16 heavy (non-hydrogen) atoms. The quantitative estimate of drug-likeness (QED) is 0.789. The molecule has 0 aromatic heterocycles. The number of nitrogens with zero attached hydrogens (tertiary/aromatic N) is 1. The molecule has 2 nitrogen and oxygen atoms in total. The second-order valence-corrected chi connectivity index (χ2v) is 4.63. The second-order valence-electron chi connectivity index (χ2n) is 3.77. The molecule has 0 amide bonds. The van der Waals surface area contributed by atoms with Gasteiger partial charge in [-0.25, -0.2) is 0 Å². The predicted molar refractivity (Wildman–Crippen MR) is 72.8 cm³/mol. The van der Waals surface area contributed by atoms with Gasteiger partial charge in [0.15, 0.2) is 0 Å². The number of hydrogen-bond acceptors (Lipinski definition) is 3. The molecule has 4 heteroatoms. The minimum absolute atomic E-state index is 0.761. The van der Waals surface area contributed by atoms with Gasteiger partial charge in [-0.15, -0.1) is 0 Å². The first-order valence-electron chi connectivity index (χ1n) is 5.29. The summed E-state index contributed by atoms with van der Waals surface area (Å²) in [5, 5.41) is 0.761. The Balaban J connectivity index is 2.59. The van der Waals surface area contributed by atoms with Crippen molar-refractivity contribution in [2.45, 2.75) is 13.0 Å². The molecule has 0 aliphatic carbocycles. The van der Waals surface area contributed by atoms with E-state index < -0.39 is 0 Å². The van der Waals surface area contributed by atoms with E-state index in [1.807, 2.05) is 18.2 Å². The van der Waals surface area contributed by atoms with E-state index in [1.165, 1.54) is 0 Å². The zero-order chi connectivity index (χ0) is 12.0. The summed E-state index contributed by atoms with van der Waals surface area (Å²) in [4.78, 5) is 2.24. The van der Waals surface area contributed by atoms with Crippen molar-refractivity contribution in [2.75, 3.05) is 26.5 Å². The van der Waals surface area contributed by atoms with E-state index in [2.05, 4.69) is 24.6 Å². The Kier molecular flexibility index (Phi) is 6.03. The van der Waals surface area contributed by atoms with Crippen LogP contribution >= 0.6 is 24.2 Å². The summed E-state index contributed by atoms with van der Waals surface area (Å²) in [6.45, 7) is 1.89. The molecule has 0 bridgehead atoms. The van der Waals surface area contributed by atoms with Gasteiger partial charge in [0.05, 0.1) is 7.11 Å². The predicted octanol–water partition coefficient (Wildman–Crippen LogP) is 3.10. The highest BCUT2D eigenvalue weighted by atomic mass is 35.5. The minimum Gasteiger partial charge on any atom is -0.497 e. The van der Waals surface area contributed by atoms with Crippen molar-refractivity contribution in [2.24, 2.45) is 0 Å². The SMILES string of the molecule is COc1ccc(CN(C)CCCS)c(Cl)c1. The van der Waals surface area contributed by atoms with Crippen LogP contribution in [0.15, 0.2) is 18.2 Å². The van der Waals surface area contributed by atoms with Crippen LogP contribution in [0.2, 0.25) is 5.02 Å². The zero-order valence-electron chi connectivity index (χ0n) is 9.74. The lowest BCUT2D eigenvalue weighted by atomic mass is 10.2. The van der Waals surface area contributed by atoms with Crippen LogP contribution in [0.4, 0.5) is 0 Å². The Labute approximate surface area is 108 Å². The zero-order valence-corrected chi connectivity index (χ0v) is 11.4. The Hall–Kier alpha value is -0.380. The van der Waals surface area contributed by atoms with E-state index in [9.17, 15) is 0 Å². The lowest BCUT2D eigenvalue weighted by Gasteiger charge is -2.17. The first-order valence-corrected chi connectivity index (χ1v) is 6.30. The Morgan fingerprint density at radius 1 is 1.44 bits per heavy atom. The summed E-state index contributed by atoms with van der Waals surface area (Å²) < 4.78 is 5.11. The standard InChI is InChI=1S/C12H18ClNOS/c1-14(6-3-7-16)9-10-4-5-11(15-2)8-12(10)13/h4-5,8,16H,3,6-7,9H2,1-2H3. The Bertz CT molecular complexity index is 333. The summed E-state index contributed by atoms with van der Waals surface area (Å²) in [6.07, 6.45) is 1.09. The van der Waals surface area contributed by atoms with Gasteiger partial charge in [-0.3, -0.25) is 0 Å². The summed E-state index contributed by atoms with van der Waals surface area (Å²) in [6, 6.07) is 5.80. The van der Waals surface area contributed by atoms with E-state index in [-0.39, 0.29) is 0 Å². The fourth-order valence-electron chi connectivity index (χ4n) is 1.49. The van der Waals surface area contributed by atoms with E-state index in [0.29, 0.717) is 0 Å². The molecule has 0 saturated carbocycles. The van der Waals surface area contributed by atoms with Gasteiger partial charge in [0, 0.05) is 11.6 Å². The van der Waals surface area contributed by atoms with Crippen LogP contribution in [0.5, 0.6) is 5.75 Å². The molecule has 1 rings (SSSR count). The molecule has 0 spiro atoms. The van der Waals surface area contributed by atoms with Gasteiger partial charge >= 0.3 is 0 Å². The van der Waals surface area contributed by atoms with E-state index in [1.54, 1.807) is 7.11 Å². The highest BCUT2D eigenvalue weighted by molar-refractivity contribution is 7.80. The monoisotopic (exact) mass is 259 g/mol. The summed E-state index contributed by atoms with van der Waals surface area (Å²) in [5.74, 6) is 1.72. The average molecular weight is 260 g/mol. The number of rotatable bonds is 6. The van der Waals surface area contributed by atoms with Crippen LogP contribution in [0.1, 0.15) is 12.0 Å². The largest absolute Gasteiger partial charge is 0.497 e. The minimum atomic E-state index is 0.761. The van der Waals surface area contributed by atoms with Crippen LogP contribution in [-0.2, 0) is 6.54 Å². The maximum atomic E-state index is 6.16. The van der Waals surface area contributed by atoms with Gasteiger partial charge < -0.3 is 9.64 Å². The number of benzene rings is 1. The molecule has 0 saturated heterocycles. The van der Waals surface area contributed by atoms with E-state index in [0.717, 1.165) is 41.6 Å². The third-order valence-corrected chi connectivity index (χ3v) is 3.07. The first kappa shape index (κ1) is 13.7. The molecular formula is C12H18ClNOS. The van der Waals surface area contributed by atoms with Crippen molar-refractivity contribution >= 4 is 24.2 Å². The Morgan fingerprint density at radius 3 is 2.75 bits per heavy atom. The number of hydrogen-bond donors (Lipinski definition) is 1. The van der Waals surface area contributed by atoms with Crippen molar-refractivity contribution < 1.29 is 4.74 Å². The molecule has 0 radical (unpaired) electrons. The van der Waals surface area contributed by atoms with Gasteiger partial charge in [-0.05, 0) is 43.5 Å². The highest BCUT2D eigenvalue weighted by Gasteiger charge is 2.05. The number of thiol groups is 1. The molecule has 0 aliphatic heterocycles. The topological polar surface area (TPSA) is 12.5 Å². The van der Waals surface area contributed by atoms with Gasteiger partial charge in [-0.2, -0.15) is 12.6 Å². The fraction of sp³-hybridized carbons (Fsp3) is 0.500. The molecule has 0 atom stereocenters. The molecular weight excluding hydrogens is 242 g/mol. The van der Waals surface area contributed by atoms with Crippen molar-refractivity contribution in [1.82, 2.24) is 4.90 Å². The molecule has 0 N–H and O–H groups in total. The van der Waals surface area contributed by atoms with Crippen molar-refractivity contribution in [3.63, 3.8) is 0 Å². The normalized spacial score (nSPS) is 10.8. The number of methoxy groups -OCH3 is 1. The molecule has 90 valence electrons. The van der Waals surface area contributed by atoms with Crippen LogP contribution in [0, 0.1) is 0 Å². The molecule has 1 aromatic carbocycles. The van der Waals surface area contributed by atoms with Gasteiger partial charge in [0.1, 0.15) is 5.75 Å². The second kappa shape index (κ2) is 7.05. The summed E-state index contributed by atoms with van der Waals surface area (Å²) >= 11 is 10.4. The highest BCUT2D eigenvalue weighted by Crippen LogP contribution is 2.23. The molecule has 0 aliphatic rings. The van der Waals surface area contributed by atoms with Crippen molar-refractivity contribution in [3.8, 4) is 5.75 Å². The molecule has 0 unspecified atom stereocenters. The van der Waals surface area contributed by atoms with Crippen LogP contribution in [-0.4, -0.2) is 31.4 Å². The van der Waals surface area contributed by atoms with Crippen LogP contribution < -0.4 is 4.74 Å². The third kappa shape index (κ3) is 4.24. The van der Waals surface area contributed by atoms with Gasteiger partial charge in [0.2, 0.25) is 0 Å². The maximum absolute atomic E-state index is 6.16. The van der Waals surface area contributed by atoms with Crippen LogP contribution in [0.3, 0.4) is 0 Å². The summed E-state index contributed by atoms with van der Waals surface area (Å²) in [7, 11) is 3.73. The van der Waals surface area contributed by atoms with Gasteiger partial charge in [0.25, 0.3) is 0 Å². The fourth-order valence-corrected chi connectivity index (χ4v) is 1.87. The number of ether oxygens (including phenoxy) is 1. The van der Waals surface area contributed by atoms with E-state index in [4.69, 9.17) is 16.3 Å². The van der Waals surface area contributed by atoms with Crippen molar-refractivity contribution in [3.05, 3.63) is 28.8 Å². The number of halogens is 1. The van der Waals surface area contributed by atoms with Gasteiger partial charge in [-0.1, -0.05) is 17.7 Å². The molecule has 0 heterocycles. The molecule has 0 fully saturated rings. The lowest BCUT2D eigenvalue weighted by Crippen LogP contribution is -2.19. The lowest BCUT2D eigenvalue weighted by molar-refractivity contribution is 0.328. The first-order chi connectivity index (χ1) is 7.67. The summed E-state index contributed by atoms with van der Waals surface area (Å²) in [5.41, 5.74) is 1.13. The smallest absolute Gasteiger partial charge is 0.120 e. The average Bonchev–Trinajstić information content (AvgIpc) is 2.29. The molecule has 1 aromatic rings. The Morgan fingerprint density at radius 2 is 2.19 bits per heavy atom. The maximum Gasteiger partial charge on any atom is 0.120 e. The third-order valence-electron chi connectivity index (χ3n) is 2.40. The van der Waals surface area contributed by atoms with Crippen LogP contribution in [0.25, 0.3) is 0 Å². The van der Waals surface area contributed by atoms with Crippen molar-refractivity contribution in [1.29, 1.82) is 0 Å².